The molecule has 82 valence electrons. The Kier molecular flexibility index (Phi) is 3.68. The smallest absolute Gasteiger partial charge is 0.231 e. The number of benzene rings is 1. The normalized spacial score (nSPS) is 10.6. The molecule has 0 fully saturated rings. The van der Waals surface area contributed by atoms with Crippen molar-refractivity contribution in [2.75, 3.05) is 13.6 Å². The topological polar surface area (TPSA) is 66.6 Å². The quantitative estimate of drug-likeness (QED) is 0.762. The van der Waals surface area contributed by atoms with Crippen LogP contribution in [-0.2, 0) is 11.3 Å². The molecule has 0 atom stereocenters. The van der Waals surface area contributed by atoms with E-state index in [-0.39, 0.29) is 18.2 Å². The summed E-state index contributed by atoms with van der Waals surface area (Å²) in [5.74, 6) is -0.0848. The standard InChI is InChI=1S/C11H16N2O2/c1-8-4-3-5-9(11(8)15)6-13(2)7-10(12)14/h3-5,15H,6-7H2,1-2H3,(H2,12,14). The van der Waals surface area contributed by atoms with Crippen molar-refractivity contribution in [2.24, 2.45) is 5.73 Å². The molecular weight excluding hydrogens is 192 g/mol. The fourth-order valence-electron chi connectivity index (χ4n) is 1.46. The molecule has 0 aromatic heterocycles. The summed E-state index contributed by atoms with van der Waals surface area (Å²) in [6, 6.07) is 5.55. The molecule has 0 aliphatic carbocycles. The second-order valence-corrected chi connectivity index (χ2v) is 3.72. The van der Waals surface area contributed by atoms with Crippen molar-refractivity contribution in [3.05, 3.63) is 29.3 Å². The number of phenols is 1. The van der Waals surface area contributed by atoms with Gasteiger partial charge in [0.15, 0.2) is 0 Å². The number of carbonyl (C=O) groups is 1. The molecule has 0 bridgehead atoms. The third-order valence-corrected chi connectivity index (χ3v) is 2.19. The molecular formula is C11H16N2O2. The van der Waals surface area contributed by atoms with Crippen LogP contribution in [0.25, 0.3) is 0 Å². The van der Waals surface area contributed by atoms with Gasteiger partial charge < -0.3 is 10.8 Å². The van der Waals surface area contributed by atoms with Gasteiger partial charge >= 0.3 is 0 Å². The number of rotatable bonds is 4. The first kappa shape index (κ1) is 11.5. The summed E-state index contributed by atoms with van der Waals surface area (Å²) >= 11 is 0. The molecule has 1 aromatic carbocycles. The number of hydrogen-bond donors (Lipinski definition) is 2. The summed E-state index contributed by atoms with van der Waals surface area (Å²) in [4.78, 5) is 12.4. The van der Waals surface area contributed by atoms with Crippen molar-refractivity contribution in [2.45, 2.75) is 13.5 Å². The zero-order valence-electron chi connectivity index (χ0n) is 9.03. The summed E-state index contributed by atoms with van der Waals surface area (Å²) in [6.07, 6.45) is 0. The number of aromatic hydroxyl groups is 1. The summed E-state index contributed by atoms with van der Waals surface area (Å²) in [7, 11) is 1.78. The third kappa shape index (κ3) is 3.25. The fourth-order valence-corrected chi connectivity index (χ4v) is 1.46. The molecule has 0 spiro atoms. The van der Waals surface area contributed by atoms with Gasteiger partial charge in [-0.15, -0.1) is 0 Å². The van der Waals surface area contributed by atoms with Crippen molar-refractivity contribution >= 4 is 5.91 Å². The zero-order valence-corrected chi connectivity index (χ0v) is 9.03. The number of aryl methyl sites for hydroxylation is 1. The Morgan fingerprint density at radius 2 is 2.20 bits per heavy atom. The maximum Gasteiger partial charge on any atom is 0.231 e. The van der Waals surface area contributed by atoms with Gasteiger partial charge in [-0.1, -0.05) is 18.2 Å². The highest BCUT2D eigenvalue weighted by atomic mass is 16.3. The van der Waals surface area contributed by atoms with Crippen LogP contribution in [-0.4, -0.2) is 29.5 Å². The van der Waals surface area contributed by atoms with Gasteiger partial charge in [0, 0.05) is 12.1 Å². The Balaban J connectivity index is 2.72. The molecule has 4 heteroatoms. The van der Waals surface area contributed by atoms with E-state index in [4.69, 9.17) is 5.73 Å². The van der Waals surface area contributed by atoms with Crippen molar-refractivity contribution in [1.82, 2.24) is 4.90 Å². The average Bonchev–Trinajstić information content (AvgIpc) is 2.11. The number of carbonyl (C=O) groups excluding carboxylic acids is 1. The van der Waals surface area contributed by atoms with Gasteiger partial charge in [-0.2, -0.15) is 0 Å². The molecule has 15 heavy (non-hydrogen) atoms. The van der Waals surface area contributed by atoms with Crippen LogP contribution in [0.1, 0.15) is 11.1 Å². The number of nitrogens with zero attached hydrogens (tertiary/aromatic N) is 1. The number of hydrogen-bond acceptors (Lipinski definition) is 3. The lowest BCUT2D eigenvalue weighted by atomic mass is 10.1. The summed E-state index contributed by atoms with van der Waals surface area (Å²) in [6.45, 7) is 2.54. The Bertz CT molecular complexity index is 364. The molecule has 1 aromatic rings. The van der Waals surface area contributed by atoms with Gasteiger partial charge in [0.25, 0.3) is 0 Å². The molecule has 4 nitrogen and oxygen atoms in total. The third-order valence-electron chi connectivity index (χ3n) is 2.19. The summed E-state index contributed by atoms with van der Waals surface area (Å²) in [5.41, 5.74) is 6.71. The number of likely N-dealkylation sites (N-methyl/N-ethyl adjacent to an activating group) is 1. The zero-order chi connectivity index (χ0) is 11.4. The van der Waals surface area contributed by atoms with E-state index in [1.807, 2.05) is 25.1 Å². The van der Waals surface area contributed by atoms with Gasteiger partial charge in [0.2, 0.25) is 5.91 Å². The lowest BCUT2D eigenvalue weighted by Crippen LogP contribution is -2.30. The average molecular weight is 208 g/mol. The Morgan fingerprint density at radius 1 is 1.53 bits per heavy atom. The molecule has 1 rings (SSSR count). The van der Waals surface area contributed by atoms with E-state index in [1.165, 1.54) is 0 Å². The van der Waals surface area contributed by atoms with Gasteiger partial charge in [-0.25, -0.2) is 0 Å². The van der Waals surface area contributed by atoms with Crippen LogP contribution in [0.4, 0.5) is 0 Å². The highest BCUT2D eigenvalue weighted by molar-refractivity contribution is 5.75. The van der Waals surface area contributed by atoms with Crippen LogP contribution in [0.15, 0.2) is 18.2 Å². The predicted molar refractivity (Wildman–Crippen MR) is 58.4 cm³/mol. The fraction of sp³-hybridized carbons (Fsp3) is 0.364. The van der Waals surface area contributed by atoms with E-state index in [0.717, 1.165) is 11.1 Å². The first-order chi connectivity index (χ1) is 7.00. The maximum atomic E-state index is 10.7. The molecule has 0 aliphatic heterocycles. The van der Waals surface area contributed by atoms with Crippen LogP contribution in [0.2, 0.25) is 0 Å². The number of para-hydroxylation sites is 1. The number of nitrogens with two attached hydrogens (primary N) is 1. The summed E-state index contributed by atoms with van der Waals surface area (Å²) in [5, 5.41) is 9.74. The Morgan fingerprint density at radius 3 is 2.80 bits per heavy atom. The highest BCUT2D eigenvalue weighted by Crippen LogP contribution is 2.22. The number of amides is 1. The monoisotopic (exact) mass is 208 g/mol. The molecule has 1 amide bonds. The minimum absolute atomic E-state index is 0.188. The van der Waals surface area contributed by atoms with E-state index in [0.29, 0.717) is 6.54 Å². The molecule has 0 aliphatic rings. The second kappa shape index (κ2) is 4.79. The summed E-state index contributed by atoms with van der Waals surface area (Å²) < 4.78 is 0. The Labute approximate surface area is 89.3 Å². The minimum Gasteiger partial charge on any atom is -0.507 e. The van der Waals surface area contributed by atoms with E-state index in [9.17, 15) is 9.90 Å². The molecule has 0 unspecified atom stereocenters. The lowest BCUT2D eigenvalue weighted by Gasteiger charge is -2.15. The van der Waals surface area contributed by atoms with Gasteiger partial charge in [-0.05, 0) is 19.5 Å². The van der Waals surface area contributed by atoms with Crippen LogP contribution >= 0.6 is 0 Å². The number of phenolic OH excluding ortho intramolecular Hbond substituents is 1. The SMILES string of the molecule is Cc1cccc(CN(C)CC(N)=O)c1O. The van der Waals surface area contributed by atoms with Gasteiger partial charge in [-0.3, -0.25) is 9.69 Å². The first-order valence-electron chi connectivity index (χ1n) is 4.75. The van der Waals surface area contributed by atoms with Crippen LogP contribution in [0, 0.1) is 6.92 Å². The van der Waals surface area contributed by atoms with Crippen LogP contribution < -0.4 is 5.73 Å². The molecule has 0 saturated heterocycles. The van der Waals surface area contributed by atoms with Crippen molar-refractivity contribution in [3.63, 3.8) is 0 Å². The Hall–Kier alpha value is -1.55. The van der Waals surface area contributed by atoms with Crippen LogP contribution in [0.5, 0.6) is 5.75 Å². The van der Waals surface area contributed by atoms with E-state index >= 15 is 0 Å². The van der Waals surface area contributed by atoms with E-state index in [1.54, 1.807) is 11.9 Å². The molecule has 0 saturated carbocycles. The van der Waals surface area contributed by atoms with Crippen molar-refractivity contribution < 1.29 is 9.90 Å². The minimum atomic E-state index is -0.371. The van der Waals surface area contributed by atoms with Crippen molar-refractivity contribution in [3.8, 4) is 5.75 Å². The largest absolute Gasteiger partial charge is 0.507 e. The van der Waals surface area contributed by atoms with Crippen molar-refractivity contribution in [1.29, 1.82) is 0 Å². The lowest BCUT2D eigenvalue weighted by molar-refractivity contribution is -0.118. The predicted octanol–water partition coefficient (Wildman–Crippen LogP) is 0.618. The maximum absolute atomic E-state index is 10.7. The molecule has 0 heterocycles. The van der Waals surface area contributed by atoms with Crippen LogP contribution in [0.3, 0.4) is 0 Å². The van der Waals surface area contributed by atoms with E-state index in [2.05, 4.69) is 0 Å². The highest BCUT2D eigenvalue weighted by Gasteiger charge is 2.08. The number of primary amides is 1. The molecule has 0 radical (unpaired) electrons. The van der Waals surface area contributed by atoms with E-state index < -0.39 is 0 Å². The molecule has 3 N–H and O–H groups in total. The van der Waals surface area contributed by atoms with Gasteiger partial charge in [0.1, 0.15) is 5.75 Å². The first-order valence-corrected chi connectivity index (χ1v) is 4.75. The second-order valence-electron chi connectivity index (χ2n) is 3.72. The van der Waals surface area contributed by atoms with Gasteiger partial charge in [0.05, 0.1) is 6.54 Å².